The second-order valence-corrected chi connectivity index (χ2v) is 9.80. The number of hydrogen-bond acceptors (Lipinski definition) is 5. The van der Waals surface area contributed by atoms with Crippen molar-refractivity contribution < 1.29 is 19.7 Å². The first-order chi connectivity index (χ1) is 12.5. The molecule has 2 N–H and O–H groups in total. The Labute approximate surface area is 151 Å². The number of phenolic OH excluding ortho intramolecular Hbond substituents is 1. The molecule has 6 aliphatic rings. The average Bonchev–Trinajstić information content (AvgIpc) is 3.30. The van der Waals surface area contributed by atoms with Gasteiger partial charge in [0.2, 0.25) is 0 Å². The smallest absolute Gasteiger partial charge is 0.174 e. The second-order valence-electron chi connectivity index (χ2n) is 9.80. The number of ether oxygens (including phenoxy) is 1. The molecule has 4 aliphatic carbocycles. The van der Waals surface area contributed by atoms with Gasteiger partial charge in [-0.05, 0) is 49.7 Å². The lowest BCUT2D eigenvalue weighted by molar-refractivity contribution is -0.171. The molecule has 3 saturated carbocycles. The summed E-state index contributed by atoms with van der Waals surface area (Å²) in [6.07, 6.45) is 4.63. The third kappa shape index (κ3) is 1.28. The number of aromatic hydroxyl groups is 1. The Morgan fingerprint density at radius 1 is 1.31 bits per heavy atom. The molecule has 1 saturated heterocycles. The molecule has 1 aromatic carbocycles. The summed E-state index contributed by atoms with van der Waals surface area (Å²) < 4.78 is 6.10. The van der Waals surface area contributed by atoms with Crippen LogP contribution in [0.25, 0.3) is 0 Å². The molecule has 0 aromatic heterocycles. The van der Waals surface area contributed by atoms with Gasteiger partial charge < -0.3 is 14.9 Å². The maximum absolute atomic E-state index is 12.8. The van der Waals surface area contributed by atoms with Crippen LogP contribution in [0, 0.1) is 11.3 Å². The zero-order chi connectivity index (χ0) is 17.5. The third-order valence-corrected chi connectivity index (χ3v) is 8.45. The Kier molecular flexibility index (Phi) is 2.21. The second kappa shape index (κ2) is 3.97. The Hall–Kier alpha value is -1.59. The van der Waals surface area contributed by atoms with Crippen molar-refractivity contribution in [3.8, 4) is 11.5 Å². The number of carbonyl (C=O) groups is 1. The number of nitrogens with zero attached hydrogens (tertiary/aromatic N) is 1. The summed E-state index contributed by atoms with van der Waals surface area (Å²) in [4.78, 5) is 15.3. The van der Waals surface area contributed by atoms with Crippen LogP contribution in [0.15, 0.2) is 12.1 Å². The van der Waals surface area contributed by atoms with E-state index in [4.69, 9.17) is 4.74 Å². The summed E-state index contributed by atoms with van der Waals surface area (Å²) in [5, 5.41) is 22.6. The zero-order valence-electron chi connectivity index (χ0n) is 14.7. The van der Waals surface area contributed by atoms with Gasteiger partial charge in [-0.3, -0.25) is 9.69 Å². The number of ketones is 1. The van der Waals surface area contributed by atoms with Crippen molar-refractivity contribution in [3.05, 3.63) is 23.3 Å². The summed E-state index contributed by atoms with van der Waals surface area (Å²) in [7, 11) is 0. The van der Waals surface area contributed by atoms with E-state index in [1.165, 1.54) is 18.4 Å². The molecular weight excluding hydrogens is 330 g/mol. The van der Waals surface area contributed by atoms with Crippen LogP contribution >= 0.6 is 0 Å². The zero-order valence-corrected chi connectivity index (χ0v) is 14.7. The molecule has 0 radical (unpaired) electrons. The van der Waals surface area contributed by atoms with Crippen LogP contribution in [0.5, 0.6) is 11.5 Å². The van der Waals surface area contributed by atoms with Gasteiger partial charge in [-0.25, -0.2) is 0 Å². The number of benzene rings is 1. The van der Waals surface area contributed by atoms with Crippen LogP contribution in [0.2, 0.25) is 0 Å². The van der Waals surface area contributed by atoms with Gasteiger partial charge in [-0.15, -0.1) is 0 Å². The van der Waals surface area contributed by atoms with Gasteiger partial charge in [-0.2, -0.15) is 0 Å². The highest BCUT2D eigenvalue weighted by molar-refractivity contribution is 5.90. The van der Waals surface area contributed by atoms with E-state index in [0.29, 0.717) is 18.6 Å². The topological polar surface area (TPSA) is 70.0 Å². The fourth-order valence-corrected chi connectivity index (χ4v) is 7.65. The van der Waals surface area contributed by atoms with E-state index >= 15 is 0 Å². The maximum Gasteiger partial charge on any atom is 0.174 e. The summed E-state index contributed by atoms with van der Waals surface area (Å²) in [6.45, 7) is 2.10. The molecule has 136 valence electrons. The molecular formula is C21H23NO4. The first kappa shape index (κ1) is 14.5. The number of rotatable bonds is 2. The molecule has 26 heavy (non-hydrogen) atoms. The van der Waals surface area contributed by atoms with Crippen LogP contribution in [-0.4, -0.2) is 51.7 Å². The van der Waals surface area contributed by atoms with Crippen molar-refractivity contribution in [2.45, 2.75) is 61.7 Å². The van der Waals surface area contributed by atoms with Gasteiger partial charge in [0, 0.05) is 36.5 Å². The fraction of sp³-hybridized carbons (Fsp3) is 0.667. The van der Waals surface area contributed by atoms with Crippen LogP contribution in [0.3, 0.4) is 0 Å². The highest BCUT2D eigenvalue weighted by Gasteiger charge is 2.83. The lowest BCUT2D eigenvalue weighted by Gasteiger charge is -2.58. The van der Waals surface area contributed by atoms with Crippen LogP contribution in [0.1, 0.15) is 43.2 Å². The number of hydrogen-bond donors (Lipinski definition) is 2. The number of aliphatic hydroxyl groups is 1. The number of phenols is 1. The number of carbonyl (C=O) groups excluding carboxylic acids is 1. The van der Waals surface area contributed by atoms with Crippen molar-refractivity contribution in [2.75, 3.05) is 13.1 Å². The Morgan fingerprint density at radius 3 is 2.96 bits per heavy atom. The third-order valence-electron chi connectivity index (χ3n) is 8.45. The Balaban J connectivity index is 1.48. The van der Waals surface area contributed by atoms with Crippen molar-refractivity contribution in [3.63, 3.8) is 0 Å². The first-order valence-electron chi connectivity index (χ1n) is 10.00. The fourth-order valence-electron chi connectivity index (χ4n) is 7.65. The van der Waals surface area contributed by atoms with Crippen molar-refractivity contribution in [1.82, 2.24) is 4.90 Å². The van der Waals surface area contributed by atoms with Crippen molar-refractivity contribution in [1.29, 1.82) is 0 Å². The molecule has 2 aliphatic heterocycles. The van der Waals surface area contributed by atoms with Gasteiger partial charge in [0.15, 0.2) is 23.4 Å². The van der Waals surface area contributed by atoms with Crippen molar-refractivity contribution in [2.24, 2.45) is 11.3 Å². The molecule has 7 rings (SSSR count). The highest BCUT2D eigenvalue weighted by atomic mass is 16.5. The van der Waals surface area contributed by atoms with Gasteiger partial charge in [-0.1, -0.05) is 6.07 Å². The van der Waals surface area contributed by atoms with Gasteiger partial charge >= 0.3 is 0 Å². The normalized spacial score (nSPS) is 47.2. The minimum absolute atomic E-state index is 0.0570. The lowest BCUT2D eigenvalue weighted by Crippen LogP contribution is -2.72. The molecule has 5 heteroatoms. The van der Waals surface area contributed by atoms with Crippen LogP contribution < -0.4 is 4.74 Å². The van der Waals surface area contributed by atoms with E-state index in [-0.39, 0.29) is 23.0 Å². The SMILES string of the molecule is O=C1CC[C@@]2(O)[C@@H]3N(CC4CC4)C[C@@]34Cc3ccc(O)c5c3[C@@]2(C4)C1O5. The maximum atomic E-state index is 12.8. The largest absolute Gasteiger partial charge is 0.504 e. The molecule has 2 heterocycles. The molecule has 4 fully saturated rings. The van der Waals surface area contributed by atoms with Crippen molar-refractivity contribution >= 4 is 5.78 Å². The minimum atomic E-state index is -0.928. The summed E-state index contributed by atoms with van der Waals surface area (Å²) in [5.74, 6) is 1.44. The number of fused-ring (bicyclic) bond motifs is 1. The van der Waals surface area contributed by atoms with E-state index in [1.807, 2.05) is 6.07 Å². The minimum Gasteiger partial charge on any atom is -0.504 e. The molecule has 1 aromatic rings. The highest BCUT2D eigenvalue weighted by Crippen LogP contribution is 2.75. The molecule has 2 spiro atoms. The quantitative estimate of drug-likeness (QED) is 0.844. The van der Waals surface area contributed by atoms with E-state index in [9.17, 15) is 15.0 Å². The molecule has 5 nitrogen and oxygen atoms in total. The monoisotopic (exact) mass is 353 g/mol. The Bertz CT molecular complexity index is 894. The number of Topliss-reactive ketones (excluding diaryl/α,β-unsaturated/α-hetero) is 1. The molecule has 2 bridgehead atoms. The predicted molar refractivity (Wildman–Crippen MR) is 92.2 cm³/mol. The number of likely N-dealkylation sites (tertiary alicyclic amines) is 1. The van der Waals surface area contributed by atoms with Gasteiger partial charge in [0.25, 0.3) is 0 Å². The van der Waals surface area contributed by atoms with Gasteiger partial charge in [0.05, 0.1) is 11.0 Å². The summed E-state index contributed by atoms with van der Waals surface area (Å²) >= 11 is 0. The first-order valence-corrected chi connectivity index (χ1v) is 10.00. The van der Waals surface area contributed by atoms with E-state index in [2.05, 4.69) is 4.90 Å². The summed E-state index contributed by atoms with van der Waals surface area (Å²) in [5.41, 5.74) is 0.593. The molecule has 0 amide bonds. The molecule has 5 atom stereocenters. The standard InChI is InChI=1S/C21H23NO4/c23-13-4-3-12-7-19-9-20-15(12)16(13)26-17(20)14(24)5-6-21(20,25)18(19)22(10-19)8-11-1-2-11/h3-4,11,17-18,23,25H,1-2,5-10H2/t17?,18-,19+,20+,21-/m1/s1. The van der Waals surface area contributed by atoms with E-state index in [1.54, 1.807) is 6.07 Å². The lowest BCUT2D eigenvalue weighted by atomic mass is 9.57. The summed E-state index contributed by atoms with van der Waals surface area (Å²) in [6, 6.07) is 3.81. The van der Waals surface area contributed by atoms with E-state index < -0.39 is 17.1 Å². The van der Waals surface area contributed by atoms with Crippen LogP contribution in [0.4, 0.5) is 0 Å². The average molecular weight is 353 g/mol. The van der Waals surface area contributed by atoms with E-state index in [0.717, 1.165) is 37.4 Å². The predicted octanol–water partition coefficient (Wildman–Crippen LogP) is 1.53. The van der Waals surface area contributed by atoms with Gasteiger partial charge in [0.1, 0.15) is 0 Å². The molecule has 1 unspecified atom stereocenters. The van der Waals surface area contributed by atoms with Crippen LogP contribution in [-0.2, 0) is 16.6 Å². The Morgan fingerprint density at radius 2 is 2.15 bits per heavy atom.